The van der Waals surface area contributed by atoms with Crippen LogP contribution in [-0.2, 0) is 5.41 Å². The summed E-state index contributed by atoms with van der Waals surface area (Å²) in [6.07, 6.45) is 3.73. The topological polar surface area (TPSA) is 49.3 Å². The lowest BCUT2D eigenvalue weighted by atomic mass is 9.59. The van der Waals surface area contributed by atoms with Crippen LogP contribution < -0.4 is 5.32 Å². The Morgan fingerprint density at radius 3 is 2.70 bits per heavy atom. The molecular formula is C17H23NO2. The van der Waals surface area contributed by atoms with Crippen LogP contribution in [0.1, 0.15) is 56.6 Å². The number of rotatable bonds is 3. The first-order chi connectivity index (χ1) is 9.46. The first kappa shape index (κ1) is 13.5. The first-order valence-electron chi connectivity index (χ1n) is 7.52. The van der Waals surface area contributed by atoms with E-state index in [2.05, 4.69) is 43.4 Å². The van der Waals surface area contributed by atoms with Crippen LogP contribution in [0.15, 0.2) is 24.3 Å². The second kappa shape index (κ2) is 4.51. The summed E-state index contributed by atoms with van der Waals surface area (Å²) < 4.78 is 0. The number of benzene rings is 1. The van der Waals surface area contributed by atoms with E-state index in [4.69, 9.17) is 5.11 Å². The quantitative estimate of drug-likeness (QED) is 0.877. The van der Waals surface area contributed by atoms with Gasteiger partial charge < -0.3 is 10.4 Å². The van der Waals surface area contributed by atoms with E-state index >= 15 is 0 Å². The molecule has 3 heteroatoms. The van der Waals surface area contributed by atoms with Crippen molar-refractivity contribution in [3.63, 3.8) is 0 Å². The molecule has 0 radical (unpaired) electrons. The smallest absolute Gasteiger partial charge is 0.404 e. The van der Waals surface area contributed by atoms with Crippen LogP contribution in [-0.4, -0.2) is 17.7 Å². The van der Waals surface area contributed by atoms with Crippen molar-refractivity contribution in [1.29, 1.82) is 0 Å². The molecule has 0 aromatic heterocycles. The van der Waals surface area contributed by atoms with Crippen molar-refractivity contribution in [2.24, 2.45) is 5.41 Å². The summed E-state index contributed by atoms with van der Waals surface area (Å²) in [6.45, 7) is 5.30. The maximum atomic E-state index is 10.6. The highest BCUT2D eigenvalue weighted by molar-refractivity contribution is 5.64. The second-order valence-electron chi connectivity index (χ2n) is 6.97. The summed E-state index contributed by atoms with van der Waals surface area (Å²) in [5, 5.41) is 11.2. The van der Waals surface area contributed by atoms with Gasteiger partial charge in [-0.2, -0.15) is 0 Å². The highest BCUT2D eigenvalue weighted by Gasteiger charge is 2.58. The van der Waals surface area contributed by atoms with Crippen LogP contribution in [0.5, 0.6) is 0 Å². The van der Waals surface area contributed by atoms with Gasteiger partial charge >= 0.3 is 6.09 Å². The maximum absolute atomic E-state index is 10.6. The Hall–Kier alpha value is -1.51. The fraction of sp³-hybridized carbons (Fsp3) is 0.588. The summed E-state index contributed by atoms with van der Waals surface area (Å²) in [5.41, 5.74) is 3.68. The monoisotopic (exact) mass is 273 g/mol. The first-order valence-corrected chi connectivity index (χ1v) is 7.52. The van der Waals surface area contributed by atoms with E-state index in [1.807, 2.05) is 0 Å². The molecule has 1 fully saturated rings. The van der Waals surface area contributed by atoms with Crippen molar-refractivity contribution in [1.82, 2.24) is 5.32 Å². The van der Waals surface area contributed by atoms with Crippen molar-refractivity contribution in [2.75, 3.05) is 6.54 Å². The highest BCUT2D eigenvalue weighted by Crippen LogP contribution is 2.66. The fourth-order valence-corrected chi connectivity index (χ4v) is 4.26. The minimum Gasteiger partial charge on any atom is -0.465 e. The third-order valence-electron chi connectivity index (χ3n) is 5.49. The van der Waals surface area contributed by atoms with Gasteiger partial charge in [-0.1, -0.05) is 38.1 Å². The number of carbonyl (C=O) groups is 1. The van der Waals surface area contributed by atoms with Crippen molar-refractivity contribution < 1.29 is 9.90 Å². The van der Waals surface area contributed by atoms with Gasteiger partial charge in [-0.15, -0.1) is 0 Å². The molecule has 3 nitrogen and oxygen atoms in total. The fourth-order valence-electron chi connectivity index (χ4n) is 4.26. The van der Waals surface area contributed by atoms with Crippen LogP contribution in [0.2, 0.25) is 0 Å². The van der Waals surface area contributed by atoms with Crippen LogP contribution in [0.4, 0.5) is 4.79 Å². The van der Waals surface area contributed by atoms with E-state index in [1.54, 1.807) is 0 Å². The van der Waals surface area contributed by atoms with Gasteiger partial charge in [-0.25, -0.2) is 4.79 Å². The summed E-state index contributed by atoms with van der Waals surface area (Å²) in [5.74, 6) is 0.472. The van der Waals surface area contributed by atoms with Crippen molar-refractivity contribution in [3.05, 3.63) is 35.4 Å². The molecule has 1 aromatic rings. The standard InChI is InChI=1S/C17H23NO2/c1-16(2)11-12(7-10-18-15(19)20)13-5-3-4-6-14(13)17(16)8-9-17/h3-6,12,18H,7-11H2,1-2H3,(H,19,20). The lowest BCUT2D eigenvalue weighted by Gasteiger charge is -2.45. The molecule has 1 unspecified atom stereocenters. The van der Waals surface area contributed by atoms with E-state index in [0.29, 0.717) is 23.3 Å². The maximum Gasteiger partial charge on any atom is 0.404 e. The molecule has 1 aromatic carbocycles. The lowest BCUT2D eigenvalue weighted by Crippen LogP contribution is -2.37. The van der Waals surface area contributed by atoms with Gasteiger partial charge in [-0.05, 0) is 48.1 Å². The zero-order chi connectivity index (χ0) is 14.4. The van der Waals surface area contributed by atoms with Gasteiger partial charge in [0.25, 0.3) is 0 Å². The Balaban J connectivity index is 1.87. The minimum absolute atomic E-state index is 0.315. The van der Waals surface area contributed by atoms with Gasteiger partial charge in [0.1, 0.15) is 0 Å². The average molecular weight is 273 g/mol. The number of amides is 1. The number of fused-ring (bicyclic) bond motifs is 2. The largest absolute Gasteiger partial charge is 0.465 e. The lowest BCUT2D eigenvalue weighted by molar-refractivity contribution is 0.187. The molecule has 0 saturated heterocycles. The molecule has 1 saturated carbocycles. The summed E-state index contributed by atoms with van der Waals surface area (Å²) in [6, 6.07) is 8.80. The SMILES string of the molecule is CC1(C)CC(CCNC(=O)O)c2ccccc2C12CC2. The van der Waals surface area contributed by atoms with E-state index in [-0.39, 0.29) is 0 Å². The van der Waals surface area contributed by atoms with Crippen molar-refractivity contribution >= 4 is 6.09 Å². The molecule has 1 amide bonds. The van der Waals surface area contributed by atoms with E-state index in [9.17, 15) is 4.79 Å². The molecule has 2 N–H and O–H groups in total. The Morgan fingerprint density at radius 2 is 2.05 bits per heavy atom. The Bertz CT molecular complexity index is 532. The van der Waals surface area contributed by atoms with E-state index in [1.165, 1.54) is 24.0 Å². The molecular weight excluding hydrogens is 250 g/mol. The molecule has 20 heavy (non-hydrogen) atoms. The van der Waals surface area contributed by atoms with Gasteiger partial charge in [0, 0.05) is 12.0 Å². The second-order valence-corrected chi connectivity index (χ2v) is 6.97. The Labute approximate surface area is 120 Å². The van der Waals surface area contributed by atoms with Crippen molar-refractivity contribution in [3.8, 4) is 0 Å². The van der Waals surface area contributed by atoms with Crippen LogP contribution in [0.3, 0.4) is 0 Å². The number of carboxylic acid groups (broad SMARTS) is 1. The molecule has 1 atom stereocenters. The molecule has 108 valence electrons. The highest BCUT2D eigenvalue weighted by atomic mass is 16.4. The predicted molar refractivity (Wildman–Crippen MR) is 79.1 cm³/mol. The Morgan fingerprint density at radius 1 is 1.35 bits per heavy atom. The van der Waals surface area contributed by atoms with Gasteiger partial charge in [-0.3, -0.25) is 0 Å². The zero-order valence-corrected chi connectivity index (χ0v) is 12.3. The minimum atomic E-state index is -0.924. The van der Waals surface area contributed by atoms with Gasteiger partial charge in [0.2, 0.25) is 0 Å². The van der Waals surface area contributed by atoms with E-state index in [0.717, 1.165) is 12.8 Å². The average Bonchev–Trinajstić information content (AvgIpc) is 3.17. The van der Waals surface area contributed by atoms with Crippen LogP contribution >= 0.6 is 0 Å². The Kier molecular flexibility index (Phi) is 3.03. The summed E-state index contributed by atoms with van der Waals surface area (Å²) >= 11 is 0. The third kappa shape index (κ3) is 2.00. The molecule has 0 aliphatic heterocycles. The number of hydrogen-bond donors (Lipinski definition) is 2. The molecule has 1 spiro atoms. The zero-order valence-electron chi connectivity index (χ0n) is 12.3. The van der Waals surface area contributed by atoms with Crippen LogP contribution in [0.25, 0.3) is 0 Å². The number of nitrogens with one attached hydrogen (secondary N) is 1. The third-order valence-corrected chi connectivity index (χ3v) is 5.49. The molecule has 0 heterocycles. The summed E-state index contributed by atoms with van der Waals surface area (Å²) in [7, 11) is 0. The van der Waals surface area contributed by atoms with Gasteiger partial charge in [0.05, 0.1) is 0 Å². The van der Waals surface area contributed by atoms with Crippen LogP contribution in [0, 0.1) is 5.41 Å². The number of hydrogen-bond acceptors (Lipinski definition) is 1. The molecule has 0 bridgehead atoms. The van der Waals surface area contributed by atoms with E-state index < -0.39 is 6.09 Å². The van der Waals surface area contributed by atoms with Gasteiger partial charge in [0.15, 0.2) is 0 Å². The molecule has 3 rings (SSSR count). The predicted octanol–water partition coefficient (Wildman–Crippen LogP) is 3.89. The summed E-state index contributed by atoms with van der Waals surface area (Å²) in [4.78, 5) is 10.6. The van der Waals surface area contributed by atoms with Crippen molar-refractivity contribution in [2.45, 2.75) is 50.9 Å². The molecule has 2 aliphatic rings. The molecule has 2 aliphatic carbocycles. The normalized spacial score (nSPS) is 25.0.